The predicted octanol–water partition coefficient (Wildman–Crippen LogP) is 3.48. The van der Waals surface area contributed by atoms with E-state index in [9.17, 15) is 4.39 Å². The van der Waals surface area contributed by atoms with Crippen LogP contribution in [0.4, 0.5) is 4.39 Å². The van der Waals surface area contributed by atoms with Crippen LogP contribution >= 0.6 is 0 Å². The molecule has 0 aromatic heterocycles. The van der Waals surface area contributed by atoms with E-state index < -0.39 is 0 Å². The van der Waals surface area contributed by atoms with Gasteiger partial charge in [0.25, 0.3) is 0 Å². The lowest BCUT2D eigenvalue weighted by Crippen LogP contribution is -2.42. The Morgan fingerprint density at radius 1 is 1.26 bits per heavy atom. The number of rotatable bonds is 5. The molecule has 0 aliphatic heterocycles. The molecule has 1 aromatic rings. The average molecular weight is 264 g/mol. The second kappa shape index (κ2) is 7.01. The molecule has 0 radical (unpaired) electrons. The predicted molar refractivity (Wildman–Crippen MR) is 77.4 cm³/mol. The molecule has 1 saturated carbocycles. The van der Waals surface area contributed by atoms with Gasteiger partial charge < -0.3 is 5.73 Å². The summed E-state index contributed by atoms with van der Waals surface area (Å²) in [5.41, 5.74) is 6.70. The van der Waals surface area contributed by atoms with Gasteiger partial charge >= 0.3 is 0 Å². The Bertz CT molecular complexity index is 388. The van der Waals surface area contributed by atoms with Crippen LogP contribution < -0.4 is 5.73 Å². The molecule has 0 spiro atoms. The zero-order valence-electron chi connectivity index (χ0n) is 11.8. The van der Waals surface area contributed by atoms with Crippen LogP contribution in [-0.2, 0) is 0 Å². The standard InChI is InChI=1S/C16H25FN2/c1-2-19(13-8-4-3-5-9-13)16(12-18)14-10-6-7-11-15(14)17/h6-7,10-11,13,16H,2-5,8-9,12,18H2,1H3. The third kappa shape index (κ3) is 3.34. The zero-order valence-corrected chi connectivity index (χ0v) is 11.8. The third-order valence-electron chi connectivity index (χ3n) is 4.30. The van der Waals surface area contributed by atoms with E-state index in [2.05, 4.69) is 11.8 Å². The van der Waals surface area contributed by atoms with E-state index >= 15 is 0 Å². The van der Waals surface area contributed by atoms with Crippen LogP contribution in [0, 0.1) is 5.82 Å². The lowest BCUT2D eigenvalue weighted by Gasteiger charge is -2.39. The van der Waals surface area contributed by atoms with Gasteiger partial charge in [-0.25, -0.2) is 4.39 Å². The van der Waals surface area contributed by atoms with E-state index in [0.717, 1.165) is 12.1 Å². The number of nitrogens with two attached hydrogens (primary N) is 1. The van der Waals surface area contributed by atoms with E-state index in [1.165, 1.54) is 38.2 Å². The minimum Gasteiger partial charge on any atom is -0.329 e. The SMILES string of the molecule is CCN(C1CCCCC1)C(CN)c1ccccc1F. The first-order valence-corrected chi connectivity index (χ1v) is 7.48. The average Bonchev–Trinajstić information content (AvgIpc) is 2.46. The van der Waals surface area contributed by atoms with Gasteiger partial charge in [0, 0.05) is 18.2 Å². The Kier molecular flexibility index (Phi) is 5.34. The van der Waals surface area contributed by atoms with E-state index in [-0.39, 0.29) is 11.9 Å². The largest absolute Gasteiger partial charge is 0.329 e. The molecule has 1 atom stereocenters. The minimum atomic E-state index is -0.132. The molecule has 0 heterocycles. The molecule has 0 amide bonds. The van der Waals surface area contributed by atoms with Crippen LogP contribution in [0.15, 0.2) is 24.3 Å². The van der Waals surface area contributed by atoms with Crippen LogP contribution in [0.5, 0.6) is 0 Å². The molecule has 0 saturated heterocycles. The smallest absolute Gasteiger partial charge is 0.128 e. The molecule has 1 unspecified atom stereocenters. The van der Waals surface area contributed by atoms with Gasteiger partial charge in [0.15, 0.2) is 0 Å². The summed E-state index contributed by atoms with van der Waals surface area (Å²) in [5.74, 6) is -0.132. The Balaban J connectivity index is 2.20. The van der Waals surface area contributed by atoms with E-state index in [0.29, 0.717) is 12.6 Å². The molecular formula is C16H25FN2. The molecule has 2 rings (SSSR count). The topological polar surface area (TPSA) is 29.3 Å². The van der Waals surface area contributed by atoms with Crippen molar-refractivity contribution in [1.29, 1.82) is 0 Å². The van der Waals surface area contributed by atoms with Crippen molar-refractivity contribution in [3.05, 3.63) is 35.6 Å². The highest BCUT2D eigenvalue weighted by Crippen LogP contribution is 2.30. The Morgan fingerprint density at radius 3 is 2.53 bits per heavy atom. The van der Waals surface area contributed by atoms with Gasteiger partial charge in [-0.3, -0.25) is 4.90 Å². The van der Waals surface area contributed by atoms with Crippen molar-refractivity contribution >= 4 is 0 Å². The fourth-order valence-corrected chi connectivity index (χ4v) is 3.33. The number of hydrogen-bond acceptors (Lipinski definition) is 2. The van der Waals surface area contributed by atoms with Gasteiger partial charge in [-0.05, 0) is 25.5 Å². The fourth-order valence-electron chi connectivity index (χ4n) is 3.33. The summed E-state index contributed by atoms with van der Waals surface area (Å²) in [6.45, 7) is 3.56. The lowest BCUT2D eigenvalue weighted by atomic mass is 9.91. The van der Waals surface area contributed by atoms with Gasteiger partial charge in [-0.15, -0.1) is 0 Å². The summed E-state index contributed by atoms with van der Waals surface area (Å²) in [6, 6.07) is 7.62. The van der Waals surface area contributed by atoms with Crippen molar-refractivity contribution in [1.82, 2.24) is 4.90 Å². The van der Waals surface area contributed by atoms with Crippen LogP contribution in [0.3, 0.4) is 0 Å². The van der Waals surface area contributed by atoms with Crippen LogP contribution in [0.1, 0.15) is 50.6 Å². The molecule has 1 aliphatic rings. The van der Waals surface area contributed by atoms with Gasteiger partial charge in [0.1, 0.15) is 5.82 Å². The number of hydrogen-bond donors (Lipinski definition) is 1. The first-order valence-electron chi connectivity index (χ1n) is 7.48. The normalized spacial score (nSPS) is 18.7. The fraction of sp³-hybridized carbons (Fsp3) is 0.625. The van der Waals surface area contributed by atoms with Gasteiger partial charge in [-0.2, -0.15) is 0 Å². The van der Waals surface area contributed by atoms with E-state index in [4.69, 9.17) is 5.73 Å². The van der Waals surface area contributed by atoms with Crippen molar-refractivity contribution in [3.63, 3.8) is 0 Å². The van der Waals surface area contributed by atoms with E-state index in [1.54, 1.807) is 6.07 Å². The van der Waals surface area contributed by atoms with Crippen molar-refractivity contribution < 1.29 is 4.39 Å². The molecule has 1 aliphatic carbocycles. The zero-order chi connectivity index (χ0) is 13.7. The Morgan fingerprint density at radius 2 is 1.95 bits per heavy atom. The molecule has 1 aromatic carbocycles. The van der Waals surface area contributed by atoms with E-state index in [1.807, 2.05) is 12.1 Å². The molecule has 2 N–H and O–H groups in total. The number of likely N-dealkylation sites (N-methyl/N-ethyl adjacent to an activating group) is 1. The molecule has 1 fully saturated rings. The first-order chi connectivity index (χ1) is 9.27. The van der Waals surface area contributed by atoms with Gasteiger partial charge in [-0.1, -0.05) is 44.4 Å². The van der Waals surface area contributed by atoms with Crippen LogP contribution in [0.2, 0.25) is 0 Å². The number of halogens is 1. The molecule has 19 heavy (non-hydrogen) atoms. The summed E-state index contributed by atoms with van der Waals surface area (Å²) < 4.78 is 14.0. The molecule has 0 bridgehead atoms. The van der Waals surface area contributed by atoms with Crippen molar-refractivity contribution in [3.8, 4) is 0 Å². The van der Waals surface area contributed by atoms with Crippen molar-refractivity contribution in [2.24, 2.45) is 5.73 Å². The Labute approximate surface area is 115 Å². The van der Waals surface area contributed by atoms with Crippen LogP contribution in [0.25, 0.3) is 0 Å². The number of nitrogens with zero attached hydrogens (tertiary/aromatic N) is 1. The number of benzene rings is 1. The summed E-state index contributed by atoms with van der Waals surface area (Å²) in [5, 5.41) is 0. The van der Waals surface area contributed by atoms with Crippen LogP contribution in [-0.4, -0.2) is 24.0 Å². The summed E-state index contributed by atoms with van der Waals surface area (Å²) >= 11 is 0. The minimum absolute atomic E-state index is 0.00861. The highest BCUT2D eigenvalue weighted by molar-refractivity contribution is 5.22. The van der Waals surface area contributed by atoms with Crippen molar-refractivity contribution in [2.75, 3.05) is 13.1 Å². The van der Waals surface area contributed by atoms with Gasteiger partial charge in [0.2, 0.25) is 0 Å². The summed E-state index contributed by atoms with van der Waals surface area (Å²) in [6.07, 6.45) is 6.35. The maximum absolute atomic E-state index is 14.0. The maximum Gasteiger partial charge on any atom is 0.128 e. The molecule has 2 nitrogen and oxygen atoms in total. The first kappa shape index (κ1) is 14.5. The second-order valence-electron chi connectivity index (χ2n) is 5.40. The highest BCUT2D eigenvalue weighted by atomic mass is 19.1. The summed E-state index contributed by atoms with van der Waals surface area (Å²) in [4.78, 5) is 2.40. The third-order valence-corrected chi connectivity index (χ3v) is 4.30. The van der Waals surface area contributed by atoms with Crippen molar-refractivity contribution in [2.45, 2.75) is 51.1 Å². The molecule has 106 valence electrons. The maximum atomic E-state index is 14.0. The quantitative estimate of drug-likeness (QED) is 0.882. The van der Waals surface area contributed by atoms with Gasteiger partial charge in [0.05, 0.1) is 6.04 Å². The summed E-state index contributed by atoms with van der Waals surface area (Å²) in [7, 11) is 0. The Hall–Kier alpha value is -0.930. The molecular weight excluding hydrogens is 239 g/mol. The monoisotopic (exact) mass is 264 g/mol. The lowest BCUT2D eigenvalue weighted by molar-refractivity contribution is 0.112. The molecule has 3 heteroatoms. The second-order valence-corrected chi connectivity index (χ2v) is 5.40. The highest BCUT2D eigenvalue weighted by Gasteiger charge is 2.28.